The molecule has 2 rings (SSSR count). The number of benzene rings is 1. The molecule has 0 unspecified atom stereocenters. The van der Waals surface area contributed by atoms with Crippen LogP contribution in [0.25, 0.3) is 0 Å². The highest BCUT2D eigenvalue weighted by Gasteiger charge is 2.41. The molecule has 0 N–H and O–H groups in total. The fourth-order valence-electron chi connectivity index (χ4n) is 2.31. The van der Waals surface area contributed by atoms with Gasteiger partial charge in [-0.3, -0.25) is 0 Å². The average molecular weight is 237 g/mol. The van der Waals surface area contributed by atoms with Crippen LogP contribution in [0.5, 0.6) is 0 Å². The minimum atomic E-state index is -0.0719. The van der Waals surface area contributed by atoms with Crippen LogP contribution in [0, 0.1) is 0 Å². The normalized spacial score (nSPS) is 15.3. The lowest BCUT2D eigenvalue weighted by atomic mass is 10.0. The van der Waals surface area contributed by atoms with Crippen molar-refractivity contribution in [3.63, 3.8) is 0 Å². The van der Waals surface area contributed by atoms with Crippen LogP contribution in [0.15, 0.2) is 24.3 Å². The van der Waals surface area contributed by atoms with Crippen molar-refractivity contribution < 1.29 is 0 Å². The Kier molecular flexibility index (Phi) is 3.07. The molecule has 0 spiro atoms. The number of hydrogen-bond donors (Lipinski definition) is 0. The van der Waals surface area contributed by atoms with Crippen molar-refractivity contribution in [2.75, 3.05) is 9.62 Å². The second-order valence-corrected chi connectivity index (χ2v) is 5.19. The molecule has 0 saturated carbocycles. The number of anilines is 2. The topological polar surface area (TPSA) is 6.48 Å². The van der Waals surface area contributed by atoms with Crippen molar-refractivity contribution >= 4 is 29.2 Å². The predicted molar refractivity (Wildman–Crippen MR) is 73.3 cm³/mol. The third-order valence-corrected chi connectivity index (χ3v) is 3.43. The third kappa shape index (κ3) is 1.67. The van der Waals surface area contributed by atoms with Gasteiger partial charge in [0.1, 0.15) is 0 Å². The molecule has 0 aromatic heterocycles. The number of nitrogens with zero attached hydrogens (tertiary/aromatic N) is 2. The standard InChI is InChI=1S/C12H18BClN2/c1-9(2)15-11-7-5-6-8-12(11)16(10(3)4)13(15)14/h5-10H,1-4H3. The Hall–Kier alpha value is -0.825. The first-order chi connectivity index (χ1) is 7.54. The summed E-state index contributed by atoms with van der Waals surface area (Å²) >= 11 is 6.55. The summed E-state index contributed by atoms with van der Waals surface area (Å²) in [5.74, 6) is 0. The van der Waals surface area contributed by atoms with Crippen molar-refractivity contribution in [1.82, 2.24) is 0 Å². The van der Waals surface area contributed by atoms with E-state index in [0.717, 1.165) is 0 Å². The Morgan fingerprint density at radius 2 is 1.31 bits per heavy atom. The van der Waals surface area contributed by atoms with Gasteiger partial charge in [-0.2, -0.15) is 0 Å². The van der Waals surface area contributed by atoms with Gasteiger partial charge in [0.25, 0.3) is 0 Å². The summed E-state index contributed by atoms with van der Waals surface area (Å²) < 4.78 is 0. The van der Waals surface area contributed by atoms with Crippen LogP contribution in [-0.2, 0) is 0 Å². The minimum Gasteiger partial charge on any atom is -0.378 e. The van der Waals surface area contributed by atoms with Gasteiger partial charge in [-0.05, 0) is 39.8 Å². The maximum Gasteiger partial charge on any atom is 0.486 e. The molecular formula is C12H18BClN2. The fraction of sp³-hybridized carbons (Fsp3) is 0.500. The Morgan fingerprint density at radius 1 is 0.938 bits per heavy atom. The van der Waals surface area contributed by atoms with Gasteiger partial charge >= 0.3 is 6.40 Å². The van der Waals surface area contributed by atoms with Crippen LogP contribution < -0.4 is 9.62 Å². The molecule has 2 nitrogen and oxygen atoms in total. The van der Waals surface area contributed by atoms with Crippen molar-refractivity contribution in [1.29, 1.82) is 0 Å². The summed E-state index contributed by atoms with van der Waals surface area (Å²) in [5.41, 5.74) is 2.48. The Balaban J connectivity index is 2.48. The highest BCUT2D eigenvalue weighted by Crippen LogP contribution is 2.41. The van der Waals surface area contributed by atoms with Gasteiger partial charge in [0.05, 0.1) is 0 Å². The van der Waals surface area contributed by atoms with E-state index in [1.807, 2.05) is 0 Å². The lowest BCUT2D eigenvalue weighted by molar-refractivity contribution is 0.805. The average Bonchev–Trinajstić information content (AvgIpc) is 2.49. The van der Waals surface area contributed by atoms with E-state index >= 15 is 0 Å². The molecule has 0 radical (unpaired) electrons. The summed E-state index contributed by atoms with van der Waals surface area (Å²) in [5, 5.41) is 0. The summed E-state index contributed by atoms with van der Waals surface area (Å²) in [4.78, 5) is 4.52. The molecule has 0 bridgehead atoms. The summed E-state index contributed by atoms with van der Waals surface area (Å²) in [7, 11) is 0. The van der Waals surface area contributed by atoms with Crippen LogP contribution in [0.4, 0.5) is 11.4 Å². The molecule has 4 heteroatoms. The predicted octanol–water partition coefficient (Wildman–Crippen LogP) is 3.35. The molecule has 1 aromatic carbocycles. The lowest BCUT2D eigenvalue weighted by Gasteiger charge is -2.30. The van der Waals surface area contributed by atoms with Gasteiger partial charge in [-0.15, -0.1) is 11.5 Å². The molecule has 1 heterocycles. The zero-order chi connectivity index (χ0) is 11.9. The SMILES string of the molecule is CC(C)N1B(Cl)N(C(C)C)c2ccccc21. The zero-order valence-corrected chi connectivity index (χ0v) is 11.1. The number of fused-ring (bicyclic) bond motifs is 1. The first kappa shape index (κ1) is 11.7. The first-order valence-corrected chi connectivity index (χ1v) is 6.27. The highest BCUT2D eigenvalue weighted by molar-refractivity contribution is 7.11. The third-order valence-electron chi connectivity index (χ3n) is 3.01. The van der Waals surface area contributed by atoms with E-state index in [2.05, 4.69) is 61.6 Å². The maximum absolute atomic E-state index is 6.55. The van der Waals surface area contributed by atoms with E-state index in [4.69, 9.17) is 11.5 Å². The second-order valence-electron chi connectivity index (χ2n) is 4.80. The van der Waals surface area contributed by atoms with E-state index in [1.165, 1.54) is 11.4 Å². The van der Waals surface area contributed by atoms with E-state index in [1.54, 1.807) is 0 Å². The molecule has 1 aromatic rings. The van der Waals surface area contributed by atoms with Gasteiger partial charge in [0.2, 0.25) is 0 Å². The van der Waals surface area contributed by atoms with Gasteiger partial charge < -0.3 is 9.62 Å². The Labute approximate surface area is 103 Å². The number of rotatable bonds is 2. The van der Waals surface area contributed by atoms with Gasteiger partial charge in [0.15, 0.2) is 0 Å². The quantitative estimate of drug-likeness (QED) is 0.727. The number of halogens is 1. The van der Waals surface area contributed by atoms with E-state index in [0.29, 0.717) is 12.1 Å². The molecule has 16 heavy (non-hydrogen) atoms. The molecule has 0 fully saturated rings. The highest BCUT2D eigenvalue weighted by atomic mass is 35.5. The molecule has 1 aliphatic heterocycles. The van der Waals surface area contributed by atoms with Crippen LogP contribution in [0.1, 0.15) is 27.7 Å². The lowest BCUT2D eigenvalue weighted by Crippen LogP contribution is -2.49. The number of para-hydroxylation sites is 2. The molecule has 0 atom stereocenters. The largest absolute Gasteiger partial charge is 0.486 e. The van der Waals surface area contributed by atoms with Crippen LogP contribution >= 0.6 is 11.5 Å². The summed E-state index contributed by atoms with van der Waals surface area (Å²) in [6.45, 7) is 8.71. The monoisotopic (exact) mass is 236 g/mol. The summed E-state index contributed by atoms with van der Waals surface area (Å²) in [6, 6.07) is 9.25. The van der Waals surface area contributed by atoms with E-state index < -0.39 is 0 Å². The van der Waals surface area contributed by atoms with Crippen LogP contribution in [-0.4, -0.2) is 18.5 Å². The van der Waals surface area contributed by atoms with Crippen molar-refractivity contribution in [3.8, 4) is 0 Å². The van der Waals surface area contributed by atoms with Crippen molar-refractivity contribution in [3.05, 3.63) is 24.3 Å². The molecule has 1 aliphatic rings. The van der Waals surface area contributed by atoms with Crippen LogP contribution in [0.3, 0.4) is 0 Å². The maximum atomic E-state index is 6.55. The minimum absolute atomic E-state index is 0.0719. The van der Waals surface area contributed by atoms with Gasteiger partial charge in [0, 0.05) is 23.5 Å². The smallest absolute Gasteiger partial charge is 0.378 e. The molecule has 86 valence electrons. The molecule has 0 amide bonds. The van der Waals surface area contributed by atoms with Gasteiger partial charge in [-0.25, -0.2) is 0 Å². The van der Waals surface area contributed by atoms with E-state index in [-0.39, 0.29) is 6.40 Å². The Morgan fingerprint density at radius 3 is 1.62 bits per heavy atom. The Bertz CT molecular complexity index is 346. The van der Waals surface area contributed by atoms with Crippen molar-refractivity contribution in [2.24, 2.45) is 0 Å². The second kappa shape index (κ2) is 4.21. The molecular weight excluding hydrogens is 218 g/mol. The number of hydrogen-bond acceptors (Lipinski definition) is 2. The first-order valence-electron chi connectivity index (χ1n) is 5.83. The van der Waals surface area contributed by atoms with E-state index in [9.17, 15) is 0 Å². The van der Waals surface area contributed by atoms with Crippen LogP contribution in [0.2, 0.25) is 0 Å². The summed E-state index contributed by atoms with van der Waals surface area (Å²) in [6.07, 6.45) is -0.0719. The molecule has 0 saturated heterocycles. The molecule has 0 aliphatic carbocycles. The fourth-order valence-corrected chi connectivity index (χ4v) is 2.97. The van der Waals surface area contributed by atoms with Crippen molar-refractivity contribution in [2.45, 2.75) is 39.8 Å². The van der Waals surface area contributed by atoms with Gasteiger partial charge in [-0.1, -0.05) is 12.1 Å². The zero-order valence-electron chi connectivity index (χ0n) is 10.3.